The molecular weight excluding hydrogens is 378 g/mol. The molecule has 5 nitrogen and oxygen atoms in total. The van der Waals surface area contributed by atoms with Crippen LogP contribution in [0.15, 0.2) is 65.1 Å². The monoisotopic (exact) mass is 399 g/mol. The highest BCUT2D eigenvalue weighted by molar-refractivity contribution is 6.07. The average molecular weight is 399 g/mol. The highest BCUT2D eigenvalue weighted by Crippen LogP contribution is 2.41. The minimum Gasteiger partial charge on any atom is -0.545 e. The molecule has 0 bridgehead atoms. The van der Waals surface area contributed by atoms with Crippen LogP contribution in [0.1, 0.15) is 23.2 Å². The van der Waals surface area contributed by atoms with Gasteiger partial charge in [0.15, 0.2) is 0 Å². The van der Waals surface area contributed by atoms with E-state index in [-0.39, 0.29) is 5.56 Å². The van der Waals surface area contributed by atoms with Crippen LogP contribution in [0.25, 0.3) is 33.4 Å². The Morgan fingerprint density at radius 2 is 1.80 bits per heavy atom. The van der Waals surface area contributed by atoms with Crippen LogP contribution in [0.4, 0.5) is 0 Å². The van der Waals surface area contributed by atoms with E-state index in [9.17, 15) is 9.90 Å². The van der Waals surface area contributed by atoms with E-state index in [0.29, 0.717) is 22.7 Å². The van der Waals surface area contributed by atoms with Gasteiger partial charge in [0, 0.05) is 47.1 Å². The van der Waals surface area contributed by atoms with Crippen molar-refractivity contribution in [3.05, 3.63) is 71.6 Å². The maximum absolute atomic E-state index is 11.8. The zero-order valence-electron chi connectivity index (χ0n) is 16.7. The summed E-state index contributed by atoms with van der Waals surface area (Å²) in [5.41, 5.74) is 3.10. The summed E-state index contributed by atoms with van der Waals surface area (Å²) in [7, 11) is 1.61. The molecule has 2 aliphatic heterocycles. The van der Waals surface area contributed by atoms with Gasteiger partial charge in [-0.25, -0.2) is 4.58 Å². The fraction of sp³-hybridized carbons (Fsp3) is 0.200. The van der Waals surface area contributed by atoms with Crippen molar-refractivity contribution in [2.24, 2.45) is 0 Å². The molecule has 2 aromatic carbocycles. The first-order valence-electron chi connectivity index (χ1n) is 10.1. The third-order valence-corrected chi connectivity index (χ3v) is 5.80. The first-order chi connectivity index (χ1) is 14.7. The first kappa shape index (κ1) is 18.4. The Kier molecular flexibility index (Phi) is 4.51. The topological polar surface area (TPSA) is 65.5 Å². The summed E-state index contributed by atoms with van der Waals surface area (Å²) in [6.45, 7) is 2.07. The number of benzene rings is 3. The third kappa shape index (κ3) is 3.03. The number of methoxy groups -OCH3 is 1. The predicted molar refractivity (Wildman–Crippen MR) is 113 cm³/mol. The van der Waals surface area contributed by atoms with E-state index in [0.717, 1.165) is 35.0 Å². The number of hydrogen-bond donors (Lipinski definition) is 0. The molecule has 0 N–H and O–H groups in total. The third-order valence-electron chi connectivity index (χ3n) is 5.80. The van der Waals surface area contributed by atoms with Crippen LogP contribution >= 0.6 is 0 Å². The highest BCUT2D eigenvalue weighted by Gasteiger charge is 2.21. The SMILES string of the molecule is COc1ccc2c(-c3ccccc3C(=O)[O-])c3ccc(=[N+]4CCCC4)cc-3oc2c1. The zero-order valence-corrected chi connectivity index (χ0v) is 16.7. The van der Waals surface area contributed by atoms with Gasteiger partial charge in [0.2, 0.25) is 5.36 Å². The van der Waals surface area contributed by atoms with Crippen LogP contribution in [0.3, 0.4) is 0 Å². The van der Waals surface area contributed by atoms with Crippen LogP contribution in [0.5, 0.6) is 5.75 Å². The van der Waals surface area contributed by atoms with E-state index in [1.54, 1.807) is 19.2 Å². The van der Waals surface area contributed by atoms with Gasteiger partial charge in [-0.3, -0.25) is 0 Å². The molecule has 0 amide bonds. The molecule has 30 heavy (non-hydrogen) atoms. The quantitative estimate of drug-likeness (QED) is 0.392. The number of aromatic carboxylic acids is 1. The van der Waals surface area contributed by atoms with Gasteiger partial charge < -0.3 is 19.1 Å². The molecule has 0 unspecified atom stereocenters. The Hall–Kier alpha value is -3.60. The Bertz CT molecular complexity index is 1310. The number of nitrogens with zero attached hydrogens (tertiary/aromatic N) is 1. The largest absolute Gasteiger partial charge is 0.545 e. The van der Waals surface area contributed by atoms with E-state index in [4.69, 9.17) is 9.15 Å². The Balaban J connectivity index is 1.90. The Morgan fingerprint density at radius 3 is 2.57 bits per heavy atom. The maximum Gasteiger partial charge on any atom is 0.203 e. The molecule has 2 heterocycles. The van der Waals surface area contributed by atoms with Crippen LogP contribution in [-0.4, -0.2) is 26.2 Å². The molecule has 1 fully saturated rings. The van der Waals surface area contributed by atoms with E-state index >= 15 is 0 Å². The van der Waals surface area contributed by atoms with Crippen molar-refractivity contribution >= 4 is 16.9 Å². The molecule has 0 aromatic heterocycles. The van der Waals surface area contributed by atoms with Crippen LogP contribution < -0.4 is 19.8 Å². The fourth-order valence-corrected chi connectivity index (χ4v) is 4.33. The zero-order chi connectivity index (χ0) is 20.7. The lowest BCUT2D eigenvalue weighted by Crippen LogP contribution is -2.26. The lowest BCUT2D eigenvalue weighted by molar-refractivity contribution is -0.254. The Labute approximate surface area is 173 Å². The molecule has 150 valence electrons. The number of carboxylic acid groups (broad SMARTS) is 1. The lowest BCUT2D eigenvalue weighted by Gasteiger charge is -2.18. The van der Waals surface area contributed by atoms with E-state index in [1.807, 2.05) is 42.5 Å². The van der Waals surface area contributed by atoms with Crippen molar-refractivity contribution in [3.8, 4) is 28.2 Å². The summed E-state index contributed by atoms with van der Waals surface area (Å²) >= 11 is 0. The summed E-state index contributed by atoms with van der Waals surface area (Å²) in [6, 6.07) is 18.7. The van der Waals surface area contributed by atoms with Crippen molar-refractivity contribution in [2.75, 3.05) is 20.2 Å². The van der Waals surface area contributed by atoms with Crippen molar-refractivity contribution in [1.29, 1.82) is 0 Å². The summed E-state index contributed by atoms with van der Waals surface area (Å²) in [4.78, 5) is 11.8. The number of carboxylic acids is 1. The number of carbonyl (C=O) groups is 1. The van der Waals surface area contributed by atoms with Gasteiger partial charge in [-0.1, -0.05) is 24.3 Å². The molecule has 0 atom stereocenters. The van der Waals surface area contributed by atoms with E-state index in [1.165, 1.54) is 12.8 Å². The van der Waals surface area contributed by atoms with Crippen LogP contribution in [0, 0.1) is 0 Å². The number of ether oxygens (including phenoxy) is 1. The van der Waals surface area contributed by atoms with Crippen molar-refractivity contribution in [3.63, 3.8) is 0 Å². The van der Waals surface area contributed by atoms with Gasteiger partial charge in [-0.15, -0.1) is 0 Å². The first-order valence-corrected chi connectivity index (χ1v) is 10.1. The molecule has 0 spiro atoms. The average Bonchev–Trinajstić information content (AvgIpc) is 3.31. The van der Waals surface area contributed by atoms with Gasteiger partial charge in [-0.2, -0.15) is 0 Å². The van der Waals surface area contributed by atoms with Crippen molar-refractivity contribution in [2.45, 2.75) is 12.8 Å². The van der Waals surface area contributed by atoms with E-state index in [2.05, 4.69) is 10.6 Å². The summed E-state index contributed by atoms with van der Waals surface area (Å²) in [6.07, 6.45) is 2.38. The fourth-order valence-electron chi connectivity index (χ4n) is 4.33. The second-order valence-corrected chi connectivity index (χ2v) is 7.55. The lowest BCUT2D eigenvalue weighted by atomic mass is 9.91. The molecule has 5 rings (SSSR count). The second-order valence-electron chi connectivity index (χ2n) is 7.55. The number of rotatable bonds is 3. The Morgan fingerprint density at radius 1 is 1.00 bits per heavy atom. The van der Waals surface area contributed by atoms with Gasteiger partial charge in [0.05, 0.1) is 19.1 Å². The van der Waals surface area contributed by atoms with Crippen LogP contribution in [-0.2, 0) is 0 Å². The van der Waals surface area contributed by atoms with Gasteiger partial charge in [0.1, 0.15) is 30.2 Å². The second kappa shape index (κ2) is 7.34. The summed E-state index contributed by atoms with van der Waals surface area (Å²) in [5, 5.41) is 13.8. The number of hydrogen-bond acceptors (Lipinski definition) is 4. The molecule has 1 saturated heterocycles. The molecule has 0 radical (unpaired) electrons. The molecular formula is C25H21NO4. The summed E-state index contributed by atoms with van der Waals surface area (Å²) in [5.74, 6) is 0.193. The van der Waals surface area contributed by atoms with Gasteiger partial charge in [-0.05, 0) is 23.8 Å². The molecule has 5 heteroatoms. The summed E-state index contributed by atoms with van der Waals surface area (Å²) < 4.78 is 14.0. The van der Waals surface area contributed by atoms with Crippen molar-refractivity contribution in [1.82, 2.24) is 4.58 Å². The number of fused-ring (bicyclic) bond motifs is 2. The van der Waals surface area contributed by atoms with E-state index < -0.39 is 5.97 Å². The van der Waals surface area contributed by atoms with Crippen molar-refractivity contribution < 1.29 is 19.1 Å². The maximum atomic E-state index is 11.8. The standard InChI is InChI=1S/C25H21NO4/c1-29-17-9-11-21-23(15-17)30-22-14-16(26-12-4-5-13-26)8-10-20(22)24(21)18-6-2-3-7-19(18)25(27)28/h2-3,6-11,14-15H,4-5,12-13H2,1H3. The number of carbonyl (C=O) groups excluding carboxylic acids is 1. The molecule has 0 saturated carbocycles. The highest BCUT2D eigenvalue weighted by atomic mass is 16.5. The molecule has 1 aliphatic carbocycles. The van der Waals surface area contributed by atoms with Crippen LogP contribution in [0.2, 0.25) is 0 Å². The predicted octanol–water partition coefficient (Wildman–Crippen LogP) is 3.14. The normalized spacial score (nSPS) is 13.8. The smallest absolute Gasteiger partial charge is 0.203 e. The minimum absolute atomic E-state index is 0.158. The minimum atomic E-state index is -1.20. The van der Waals surface area contributed by atoms with Gasteiger partial charge in [0.25, 0.3) is 0 Å². The van der Waals surface area contributed by atoms with Gasteiger partial charge >= 0.3 is 0 Å². The molecule has 2 aromatic rings. The molecule has 3 aliphatic rings.